The van der Waals surface area contributed by atoms with E-state index in [1.165, 1.54) is 25.1 Å². The van der Waals surface area contributed by atoms with Gasteiger partial charge in [-0.1, -0.05) is 55.4 Å². The van der Waals surface area contributed by atoms with E-state index in [1.54, 1.807) is 0 Å². The number of hydrogen-bond donors (Lipinski definition) is 3. The molecule has 3 N–H and O–H groups in total. The lowest BCUT2D eigenvalue weighted by Crippen LogP contribution is -2.33. The van der Waals surface area contributed by atoms with Gasteiger partial charge < -0.3 is 33.6 Å². The van der Waals surface area contributed by atoms with E-state index in [1.807, 2.05) is 55.4 Å². The molecule has 3 amide bonds. The normalized spacial score (nSPS) is 21.0. The second-order valence-corrected chi connectivity index (χ2v) is 14.3. The molecule has 0 spiro atoms. The Kier molecular flexibility index (Phi) is 11.0. The van der Waals surface area contributed by atoms with Crippen LogP contribution in [0.2, 0.25) is 0 Å². The number of amides is 3. The van der Waals surface area contributed by atoms with Crippen molar-refractivity contribution in [2.75, 3.05) is 0 Å². The predicted octanol–water partition coefficient (Wildman–Crippen LogP) is 6.13. The number of ketones is 1. The van der Waals surface area contributed by atoms with E-state index in [-0.39, 0.29) is 82.2 Å². The van der Waals surface area contributed by atoms with E-state index in [9.17, 15) is 19.2 Å². The molecule has 0 radical (unpaired) electrons. The van der Waals surface area contributed by atoms with Crippen molar-refractivity contribution >= 4 is 23.5 Å². The molecule has 4 atom stereocenters. The first kappa shape index (κ1) is 36.2. The van der Waals surface area contributed by atoms with Crippen LogP contribution in [0.1, 0.15) is 164 Å². The van der Waals surface area contributed by atoms with Crippen LogP contribution in [-0.2, 0) is 0 Å². The minimum absolute atomic E-state index is 0.000530. The van der Waals surface area contributed by atoms with Crippen molar-refractivity contribution in [3.63, 3.8) is 0 Å². The van der Waals surface area contributed by atoms with Crippen molar-refractivity contribution in [2.45, 2.75) is 98.7 Å². The molecule has 4 aromatic rings. The van der Waals surface area contributed by atoms with Crippen LogP contribution in [0.3, 0.4) is 0 Å². The number of nitrogens with zero attached hydrogens (tertiary/aromatic N) is 4. The van der Waals surface area contributed by atoms with Gasteiger partial charge in [-0.3, -0.25) is 19.2 Å². The van der Waals surface area contributed by atoms with E-state index < -0.39 is 41.8 Å². The highest BCUT2D eigenvalue weighted by Gasteiger charge is 2.32. The standard InChI is InChI=1S/C35H45N7O8/c1-16(2)9-20-11-26(43)22-12-49-34(37-22)27(18(5)6)41-31(46)25-14-48-33(39-25)21(10-17(3)4)36-29(44)23-15-50-35(40-23)28(19(7)8)42-30(45)24-13-47-32(20)38-24/h12-21,27-28H,9-11H2,1-8H3,(H,36,44)(H,41,46)(H,42,45). The topological polar surface area (TPSA) is 208 Å². The Balaban J connectivity index is 1.53. The SMILES string of the molecule is CC(C)CC1CC(=O)c2coc(n2)C(C(C)C)NC(=O)c2coc(n2)C(CC(C)C)NC(=O)c2coc(n2)C(C(C)C)NC(=O)c2coc1n2. The number of carbonyl (C=O) groups excluding carboxylic acids is 4. The summed E-state index contributed by atoms with van der Waals surface area (Å²) in [5, 5.41) is 8.67. The van der Waals surface area contributed by atoms with Gasteiger partial charge in [-0.05, 0) is 36.5 Å². The van der Waals surface area contributed by atoms with Crippen LogP contribution in [0.15, 0.2) is 42.7 Å². The molecule has 268 valence electrons. The molecule has 50 heavy (non-hydrogen) atoms. The van der Waals surface area contributed by atoms with Gasteiger partial charge in [-0.2, -0.15) is 0 Å². The van der Waals surface area contributed by atoms with Crippen LogP contribution >= 0.6 is 0 Å². The van der Waals surface area contributed by atoms with E-state index in [2.05, 4.69) is 35.9 Å². The maximum atomic E-state index is 13.5. The first-order chi connectivity index (χ1) is 23.7. The molecule has 0 aromatic carbocycles. The summed E-state index contributed by atoms with van der Waals surface area (Å²) in [6.45, 7) is 15.5. The summed E-state index contributed by atoms with van der Waals surface area (Å²) in [6, 6.07) is -2.10. The highest BCUT2D eigenvalue weighted by molar-refractivity contribution is 5.95. The van der Waals surface area contributed by atoms with Crippen molar-refractivity contribution in [1.29, 1.82) is 0 Å². The molecule has 0 aliphatic carbocycles. The van der Waals surface area contributed by atoms with E-state index >= 15 is 0 Å². The number of oxazole rings is 4. The lowest BCUT2D eigenvalue weighted by Gasteiger charge is -2.19. The van der Waals surface area contributed by atoms with E-state index in [0.717, 1.165) is 0 Å². The molecule has 5 rings (SSSR count). The fourth-order valence-corrected chi connectivity index (χ4v) is 5.78. The molecule has 0 saturated heterocycles. The van der Waals surface area contributed by atoms with Gasteiger partial charge in [-0.25, -0.2) is 19.9 Å². The van der Waals surface area contributed by atoms with Gasteiger partial charge in [0, 0.05) is 12.3 Å². The van der Waals surface area contributed by atoms with Gasteiger partial charge in [0.25, 0.3) is 17.7 Å². The molecule has 4 aromatic heterocycles. The van der Waals surface area contributed by atoms with Crippen molar-refractivity contribution in [2.24, 2.45) is 23.7 Å². The molecule has 4 unspecified atom stereocenters. The van der Waals surface area contributed by atoms with Gasteiger partial charge in [0.2, 0.25) is 17.7 Å². The molecule has 8 bridgehead atoms. The first-order valence-electron chi connectivity index (χ1n) is 17.0. The Morgan fingerprint density at radius 2 is 0.960 bits per heavy atom. The van der Waals surface area contributed by atoms with Crippen LogP contribution in [-0.4, -0.2) is 43.4 Å². The predicted molar refractivity (Wildman–Crippen MR) is 177 cm³/mol. The van der Waals surface area contributed by atoms with Crippen molar-refractivity contribution in [1.82, 2.24) is 35.9 Å². The van der Waals surface area contributed by atoms with Gasteiger partial charge in [0.15, 0.2) is 28.8 Å². The van der Waals surface area contributed by atoms with Crippen molar-refractivity contribution in [3.8, 4) is 0 Å². The fourth-order valence-electron chi connectivity index (χ4n) is 5.78. The maximum absolute atomic E-state index is 13.5. The summed E-state index contributed by atoms with van der Waals surface area (Å²) in [5.74, 6) is -1.80. The maximum Gasteiger partial charge on any atom is 0.273 e. The third-order valence-electron chi connectivity index (χ3n) is 8.36. The molecular formula is C35H45N7O8. The third kappa shape index (κ3) is 8.37. The third-order valence-corrected chi connectivity index (χ3v) is 8.36. The Labute approximate surface area is 289 Å². The summed E-state index contributed by atoms with van der Waals surface area (Å²) >= 11 is 0. The van der Waals surface area contributed by atoms with Crippen LogP contribution < -0.4 is 16.0 Å². The summed E-state index contributed by atoms with van der Waals surface area (Å²) in [7, 11) is 0. The summed E-state index contributed by atoms with van der Waals surface area (Å²) < 4.78 is 22.9. The zero-order valence-corrected chi connectivity index (χ0v) is 29.6. The highest BCUT2D eigenvalue weighted by Crippen LogP contribution is 2.30. The Morgan fingerprint density at radius 3 is 1.46 bits per heavy atom. The molecule has 1 aliphatic rings. The fraction of sp³-hybridized carbons (Fsp3) is 0.543. The van der Waals surface area contributed by atoms with Gasteiger partial charge >= 0.3 is 0 Å². The summed E-state index contributed by atoms with van der Waals surface area (Å²) in [6.07, 6.45) is 5.96. The van der Waals surface area contributed by atoms with E-state index in [0.29, 0.717) is 12.8 Å². The van der Waals surface area contributed by atoms with Crippen molar-refractivity contribution in [3.05, 3.63) is 71.4 Å². The number of nitrogens with one attached hydrogen (secondary N) is 3. The second kappa shape index (κ2) is 15.2. The number of hydrogen-bond acceptors (Lipinski definition) is 12. The molecule has 5 heterocycles. The van der Waals surface area contributed by atoms with Crippen LogP contribution in [0, 0.1) is 23.7 Å². The summed E-state index contributed by atoms with van der Waals surface area (Å²) in [5.41, 5.74) is 0.0929. The molecule has 15 nitrogen and oxygen atoms in total. The average molecular weight is 692 g/mol. The number of fused-ring (bicyclic) bond motifs is 8. The second-order valence-electron chi connectivity index (χ2n) is 14.3. The quantitative estimate of drug-likeness (QED) is 0.209. The first-order valence-corrected chi connectivity index (χ1v) is 17.0. The number of carbonyl (C=O) groups is 4. The van der Waals surface area contributed by atoms with Crippen LogP contribution in [0.25, 0.3) is 0 Å². The molecule has 0 saturated carbocycles. The zero-order chi connectivity index (χ0) is 36.3. The number of rotatable bonds is 6. The Bertz CT molecular complexity index is 1680. The molecule has 15 heteroatoms. The largest absolute Gasteiger partial charge is 0.448 e. The Morgan fingerprint density at radius 1 is 0.560 bits per heavy atom. The van der Waals surface area contributed by atoms with Gasteiger partial charge in [0.1, 0.15) is 48.9 Å². The minimum atomic E-state index is -0.710. The average Bonchev–Trinajstić information content (AvgIpc) is 3.87. The molecular weight excluding hydrogens is 646 g/mol. The van der Waals surface area contributed by atoms with Crippen molar-refractivity contribution < 1.29 is 36.8 Å². The van der Waals surface area contributed by atoms with Gasteiger partial charge in [0.05, 0.1) is 0 Å². The van der Waals surface area contributed by atoms with E-state index in [4.69, 9.17) is 17.7 Å². The van der Waals surface area contributed by atoms with Crippen LogP contribution in [0.4, 0.5) is 0 Å². The van der Waals surface area contributed by atoms with Crippen LogP contribution in [0.5, 0.6) is 0 Å². The lowest BCUT2D eigenvalue weighted by atomic mass is 9.91. The smallest absolute Gasteiger partial charge is 0.273 e. The molecule has 0 fully saturated rings. The monoisotopic (exact) mass is 691 g/mol. The zero-order valence-electron chi connectivity index (χ0n) is 29.6. The minimum Gasteiger partial charge on any atom is -0.448 e. The lowest BCUT2D eigenvalue weighted by molar-refractivity contribution is 0.0904. The Hall–Kier alpha value is -5.08. The number of Topliss-reactive ketones (excluding diaryl/α,β-unsaturated/α-hetero) is 1. The number of aromatic nitrogens is 4. The summed E-state index contributed by atoms with van der Waals surface area (Å²) in [4.78, 5) is 71.5. The van der Waals surface area contributed by atoms with Gasteiger partial charge in [-0.15, -0.1) is 0 Å². The highest BCUT2D eigenvalue weighted by atomic mass is 16.4. The molecule has 1 aliphatic heterocycles.